The highest BCUT2D eigenvalue weighted by atomic mass is 16.2. The molecule has 1 atom stereocenters. The Hall–Kier alpha value is -3.65. The fraction of sp³-hybridized carbons (Fsp3) is 0.261. The molecule has 8 heteroatoms. The third kappa shape index (κ3) is 3.25. The van der Waals surface area contributed by atoms with Gasteiger partial charge in [-0.15, -0.1) is 0 Å². The number of hydrogen-bond acceptors (Lipinski definition) is 5. The smallest absolute Gasteiger partial charge is 0.276 e. The largest absolute Gasteiger partial charge is 0.396 e. The SMILES string of the molecule is CN(C)[C@@H]1CCN(C(=O)c2ccc3[nH]c(-c4nc5ccccc5[nH]c4=O)c(N)c3c2)C1. The second-order valence-electron chi connectivity index (χ2n) is 8.26. The van der Waals surface area contributed by atoms with Gasteiger partial charge in [-0.2, -0.15) is 0 Å². The molecule has 8 nitrogen and oxygen atoms in total. The summed E-state index contributed by atoms with van der Waals surface area (Å²) in [5.41, 5.74) is 9.88. The monoisotopic (exact) mass is 416 g/mol. The zero-order chi connectivity index (χ0) is 21.7. The molecule has 4 aromatic rings. The van der Waals surface area contributed by atoms with Crippen molar-refractivity contribution in [3.63, 3.8) is 0 Å². The Kier molecular flexibility index (Phi) is 4.51. The number of nitrogens with one attached hydrogen (secondary N) is 2. The van der Waals surface area contributed by atoms with Crippen molar-refractivity contribution >= 4 is 33.5 Å². The number of nitrogen functional groups attached to an aromatic ring is 1. The topological polar surface area (TPSA) is 111 Å². The van der Waals surface area contributed by atoms with Crippen molar-refractivity contribution in [3.8, 4) is 11.4 Å². The quantitative estimate of drug-likeness (QED) is 0.475. The van der Waals surface area contributed by atoms with Gasteiger partial charge in [0.1, 0.15) is 0 Å². The molecule has 1 amide bonds. The zero-order valence-electron chi connectivity index (χ0n) is 17.5. The van der Waals surface area contributed by atoms with Gasteiger partial charge in [-0.1, -0.05) is 12.1 Å². The molecule has 2 aromatic carbocycles. The summed E-state index contributed by atoms with van der Waals surface area (Å²) in [6.45, 7) is 1.46. The molecule has 0 spiro atoms. The number of H-pyrrole nitrogens is 2. The number of aromatic amines is 2. The van der Waals surface area contributed by atoms with Gasteiger partial charge in [0, 0.05) is 35.6 Å². The average Bonchev–Trinajstić information content (AvgIpc) is 3.38. The Balaban J connectivity index is 1.53. The van der Waals surface area contributed by atoms with Crippen LogP contribution in [0, 0.1) is 0 Å². The molecule has 4 N–H and O–H groups in total. The molecule has 0 bridgehead atoms. The minimum atomic E-state index is -0.319. The van der Waals surface area contributed by atoms with Gasteiger partial charge < -0.3 is 25.5 Å². The van der Waals surface area contributed by atoms with E-state index in [0.717, 1.165) is 18.5 Å². The molecule has 0 radical (unpaired) electrons. The van der Waals surface area contributed by atoms with E-state index in [9.17, 15) is 9.59 Å². The molecule has 3 heterocycles. The normalized spacial score (nSPS) is 16.6. The van der Waals surface area contributed by atoms with Crippen molar-refractivity contribution in [2.75, 3.05) is 32.9 Å². The Bertz CT molecular complexity index is 1370. The molecule has 0 unspecified atom stereocenters. The van der Waals surface area contributed by atoms with Gasteiger partial charge in [0.2, 0.25) is 0 Å². The van der Waals surface area contributed by atoms with Gasteiger partial charge in [-0.05, 0) is 50.8 Å². The van der Waals surface area contributed by atoms with E-state index in [4.69, 9.17) is 5.73 Å². The molecule has 1 aliphatic rings. The lowest BCUT2D eigenvalue weighted by molar-refractivity contribution is 0.0783. The first-order chi connectivity index (χ1) is 14.9. The van der Waals surface area contributed by atoms with Crippen LogP contribution in [0.3, 0.4) is 0 Å². The Labute approximate surface area is 178 Å². The number of likely N-dealkylation sites (tertiary alicyclic amines) is 1. The fourth-order valence-electron chi connectivity index (χ4n) is 4.26. The Morgan fingerprint density at radius 2 is 1.97 bits per heavy atom. The highest BCUT2D eigenvalue weighted by molar-refractivity contribution is 6.04. The lowest BCUT2D eigenvalue weighted by atomic mass is 10.1. The fourth-order valence-corrected chi connectivity index (χ4v) is 4.26. The number of likely N-dealkylation sites (N-methyl/N-ethyl adjacent to an activating group) is 1. The number of fused-ring (bicyclic) bond motifs is 2. The van der Waals surface area contributed by atoms with Crippen molar-refractivity contribution in [3.05, 3.63) is 58.4 Å². The predicted molar refractivity (Wildman–Crippen MR) is 122 cm³/mol. The maximum absolute atomic E-state index is 13.0. The lowest BCUT2D eigenvalue weighted by Gasteiger charge is -2.20. The molecule has 1 aliphatic heterocycles. The van der Waals surface area contributed by atoms with Gasteiger partial charge in [-0.25, -0.2) is 4.98 Å². The van der Waals surface area contributed by atoms with Crippen molar-refractivity contribution < 1.29 is 4.79 Å². The van der Waals surface area contributed by atoms with Crippen LogP contribution in [0.2, 0.25) is 0 Å². The highest BCUT2D eigenvalue weighted by Gasteiger charge is 2.28. The standard InChI is InChI=1S/C23H24N6O2/c1-28(2)14-9-10-29(12-14)23(31)13-7-8-16-15(11-13)19(24)20(25-16)21-22(30)27-18-6-4-3-5-17(18)26-21/h3-8,11,14,25H,9-10,12,24H2,1-2H3,(H,27,30)/t14-/m1/s1. The molecule has 0 saturated carbocycles. The van der Waals surface area contributed by atoms with E-state index in [1.165, 1.54) is 0 Å². The molecule has 5 rings (SSSR count). The summed E-state index contributed by atoms with van der Waals surface area (Å²) in [7, 11) is 4.07. The van der Waals surface area contributed by atoms with Crippen LogP contribution < -0.4 is 11.3 Å². The minimum absolute atomic E-state index is 0.00456. The van der Waals surface area contributed by atoms with E-state index in [-0.39, 0.29) is 17.2 Å². The molecule has 1 fully saturated rings. The molecule has 158 valence electrons. The van der Waals surface area contributed by atoms with Crippen molar-refractivity contribution in [2.24, 2.45) is 0 Å². The summed E-state index contributed by atoms with van der Waals surface area (Å²) >= 11 is 0. The van der Waals surface area contributed by atoms with Crippen LogP contribution in [0.5, 0.6) is 0 Å². The summed E-state index contributed by atoms with van der Waals surface area (Å²) in [5.74, 6) is -0.00456. The van der Waals surface area contributed by atoms with Crippen molar-refractivity contribution in [1.82, 2.24) is 24.8 Å². The summed E-state index contributed by atoms with van der Waals surface area (Å²) in [4.78, 5) is 40.3. The summed E-state index contributed by atoms with van der Waals surface area (Å²) in [6, 6.07) is 13.1. The van der Waals surface area contributed by atoms with E-state index < -0.39 is 0 Å². The highest BCUT2D eigenvalue weighted by Crippen LogP contribution is 2.32. The maximum Gasteiger partial charge on any atom is 0.276 e. The summed E-state index contributed by atoms with van der Waals surface area (Å²) in [6.07, 6.45) is 0.966. The number of amides is 1. The number of carbonyl (C=O) groups excluding carboxylic acids is 1. The molecular weight excluding hydrogens is 392 g/mol. The summed E-state index contributed by atoms with van der Waals surface area (Å²) < 4.78 is 0. The predicted octanol–water partition coefficient (Wildman–Crippen LogP) is 2.43. The first kappa shape index (κ1) is 19.3. The lowest BCUT2D eigenvalue weighted by Crippen LogP contribution is -2.34. The van der Waals surface area contributed by atoms with E-state index in [2.05, 4.69) is 19.9 Å². The number of para-hydroxylation sites is 2. The van der Waals surface area contributed by atoms with Gasteiger partial charge in [0.05, 0.1) is 22.4 Å². The third-order valence-electron chi connectivity index (χ3n) is 6.10. The number of rotatable bonds is 3. The zero-order valence-corrected chi connectivity index (χ0v) is 17.5. The first-order valence-corrected chi connectivity index (χ1v) is 10.3. The maximum atomic E-state index is 13.0. The average molecular weight is 416 g/mol. The van der Waals surface area contributed by atoms with Crippen LogP contribution in [-0.2, 0) is 0 Å². The number of hydrogen-bond donors (Lipinski definition) is 3. The van der Waals surface area contributed by atoms with Crippen LogP contribution in [0.15, 0.2) is 47.3 Å². The molecule has 0 aliphatic carbocycles. The van der Waals surface area contributed by atoms with E-state index >= 15 is 0 Å². The van der Waals surface area contributed by atoms with E-state index in [1.807, 2.05) is 43.3 Å². The van der Waals surface area contributed by atoms with Gasteiger partial charge in [0.15, 0.2) is 5.69 Å². The van der Waals surface area contributed by atoms with Crippen LogP contribution in [-0.4, -0.2) is 63.9 Å². The Morgan fingerprint density at radius 1 is 1.16 bits per heavy atom. The van der Waals surface area contributed by atoms with Crippen LogP contribution in [0.1, 0.15) is 16.8 Å². The third-order valence-corrected chi connectivity index (χ3v) is 6.10. The second-order valence-corrected chi connectivity index (χ2v) is 8.26. The number of aromatic nitrogens is 3. The van der Waals surface area contributed by atoms with Crippen LogP contribution in [0.25, 0.3) is 33.3 Å². The Morgan fingerprint density at radius 3 is 2.74 bits per heavy atom. The van der Waals surface area contributed by atoms with Crippen LogP contribution >= 0.6 is 0 Å². The minimum Gasteiger partial charge on any atom is -0.396 e. The number of nitrogens with two attached hydrogens (primary N) is 1. The first-order valence-electron chi connectivity index (χ1n) is 10.3. The number of nitrogens with zero attached hydrogens (tertiary/aromatic N) is 3. The number of benzene rings is 2. The van der Waals surface area contributed by atoms with Crippen molar-refractivity contribution in [1.29, 1.82) is 0 Å². The molecule has 2 aromatic heterocycles. The molecule has 1 saturated heterocycles. The second kappa shape index (κ2) is 7.24. The van der Waals surface area contributed by atoms with Gasteiger partial charge in [-0.3, -0.25) is 9.59 Å². The summed E-state index contributed by atoms with van der Waals surface area (Å²) in [5, 5.41) is 0.707. The van der Waals surface area contributed by atoms with Crippen molar-refractivity contribution in [2.45, 2.75) is 12.5 Å². The number of carbonyl (C=O) groups is 1. The van der Waals surface area contributed by atoms with Crippen LogP contribution in [0.4, 0.5) is 5.69 Å². The molecule has 31 heavy (non-hydrogen) atoms. The van der Waals surface area contributed by atoms with Gasteiger partial charge >= 0.3 is 0 Å². The van der Waals surface area contributed by atoms with E-state index in [0.29, 0.717) is 46.0 Å². The number of anilines is 1. The molecular formula is C23H24N6O2. The van der Waals surface area contributed by atoms with E-state index in [1.54, 1.807) is 18.2 Å². The van der Waals surface area contributed by atoms with Gasteiger partial charge in [0.25, 0.3) is 11.5 Å².